The summed E-state index contributed by atoms with van der Waals surface area (Å²) in [5, 5.41) is 9.28. The number of aliphatic hydroxyl groups is 1. The summed E-state index contributed by atoms with van der Waals surface area (Å²) >= 11 is 5.60. The molecule has 3 fully saturated rings. The summed E-state index contributed by atoms with van der Waals surface area (Å²) in [6.45, 7) is 20.4. The van der Waals surface area contributed by atoms with E-state index in [1.165, 1.54) is 0 Å². The second-order valence-electron chi connectivity index (χ2n) is 14.8. The highest BCUT2D eigenvalue weighted by atomic mass is 79.9. The molecule has 1 spiro atoms. The molecule has 3 saturated heterocycles. The maximum atomic E-state index is 15.0. The highest BCUT2D eigenvalue weighted by Gasteiger charge is 2.76. The molecular weight excluding hydrogens is 650 g/mol. The van der Waals surface area contributed by atoms with Gasteiger partial charge in [-0.15, -0.1) is 24.9 Å². The van der Waals surface area contributed by atoms with Crippen LogP contribution in [0.1, 0.15) is 72.3 Å². The average Bonchev–Trinajstić information content (AvgIpc) is 3.55. The molecule has 3 unspecified atom stereocenters. The van der Waals surface area contributed by atoms with Gasteiger partial charge in [-0.1, -0.05) is 79.2 Å². The van der Waals surface area contributed by atoms with Crippen LogP contribution >= 0.6 is 27.7 Å². The van der Waals surface area contributed by atoms with Crippen LogP contribution in [0.25, 0.3) is 0 Å². The molecule has 3 aliphatic heterocycles. The maximum Gasteiger partial charge on any atom is 0.247 e. The average molecular weight is 703 g/mol. The predicted octanol–water partition coefficient (Wildman–Crippen LogP) is 6.06. The summed E-state index contributed by atoms with van der Waals surface area (Å²) in [7, 11) is 0. The highest BCUT2D eigenvalue weighted by Crippen LogP contribution is 2.68. The molecule has 9 heteroatoms. The Hall–Kier alpha value is -2.10. The number of hydrogen-bond acceptors (Lipinski definition) is 5. The molecule has 1 N–H and O–H groups in total. The summed E-state index contributed by atoms with van der Waals surface area (Å²) in [5.74, 6) is -1.33. The lowest BCUT2D eigenvalue weighted by molar-refractivity contribution is -0.147. The van der Waals surface area contributed by atoms with Gasteiger partial charge in [0, 0.05) is 48.4 Å². The third-order valence-corrected chi connectivity index (χ3v) is 12.7. The van der Waals surface area contributed by atoms with Gasteiger partial charge in [-0.05, 0) is 56.9 Å². The molecule has 0 aromatic heterocycles. The Morgan fingerprint density at radius 2 is 1.73 bits per heavy atom. The van der Waals surface area contributed by atoms with Gasteiger partial charge in [0.2, 0.25) is 17.7 Å². The molecule has 1 aromatic carbocycles. The Labute approximate surface area is 283 Å². The lowest BCUT2D eigenvalue weighted by Crippen LogP contribution is -2.60. The quantitative estimate of drug-likeness (QED) is 0.137. The van der Waals surface area contributed by atoms with Gasteiger partial charge in [-0.25, -0.2) is 0 Å². The zero-order valence-electron chi connectivity index (χ0n) is 27.7. The molecule has 6 atom stereocenters. The Bertz CT molecular complexity index is 1250. The van der Waals surface area contributed by atoms with E-state index in [0.29, 0.717) is 45.4 Å². The molecule has 248 valence electrons. The summed E-state index contributed by atoms with van der Waals surface area (Å²) < 4.78 is -0.714. The van der Waals surface area contributed by atoms with Crippen molar-refractivity contribution in [1.82, 2.24) is 14.7 Å². The first-order valence-corrected chi connectivity index (χ1v) is 18.1. The van der Waals surface area contributed by atoms with Crippen LogP contribution in [0.15, 0.2) is 55.6 Å². The molecule has 45 heavy (non-hydrogen) atoms. The summed E-state index contributed by atoms with van der Waals surface area (Å²) in [6, 6.07) is 9.21. The molecular formula is C36H52BrN3O4S. The Morgan fingerprint density at radius 1 is 1.07 bits per heavy atom. The topological polar surface area (TPSA) is 81.2 Å². The van der Waals surface area contributed by atoms with Crippen molar-refractivity contribution in [3.05, 3.63) is 61.2 Å². The number of halogens is 1. The summed E-state index contributed by atoms with van der Waals surface area (Å²) in [6.07, 6.45) is 7.03. The molecule has 1 aromatic rings. The van der Waals surface area contributed by atoms with Crippen molar-refractivity contribution in [2.45, 2.75) is 99.7 Å². The third kappa shape index (κ3) is 7.25. The van der Waals surface area contributed by atoms with Crippen molar-refractivity contribution >= 4 is 45.4 Å². The number of nitrogens with zero attached hydrogens (tertiary/aromatic N) is 3. The minimum atomic E-state index is -0.714. The Morgan fingerprint density at radius 3 is 2.33 bits per heavy atom. The van der Waals surface area contributed by atoms with Gasteiger partial charge in [0.05, 0.1) is 16.6 Å². The summed E-state index contributed by atoms with van der Waals surface area (Å²) in [4.78, 5) is 49.7. The van der Waals surface area contributed by atoms with Gasteiger partial charge in [-0.3, -0.25) is 14.4 Å². The highest BCUT2D eigenvalue weighted by molar-refractivity contribution is 9.09. The van der Waals surface area contributed by atoms with E-state index in [1.54, 1.807) is 28.8 Å². The first kappa shape index (κ1) is 35.7. The van der Waals surface area contributed by atoms with E-state index in [4.69, 9.17) is 0 Å². The number of amides is 3. The second kappa shape index (κ2) is 14.3. The molecule has 2 bridgehead atoms. The first-order valence-electron chi connectivity index (χ1n) is 16.3. The zero-order chi connectivity index (χ0) is 33.2. The molecule has 3 amide bonds. The van der Waals surface area contributed by atoms with E-state index >= 15 is 4.79 Å². The first-order chi connectivity index (χ1) is 21.2. The van der Waals surface area contributed by atoms with Crippen molar-refractivity contribution in [1.29, 1.82) is 0 Å². The molecule has 4 rings (SSSR count). The molecule has 7 nitrogen and oxygen atoms in total. The fourth-order valence-electron chi connectivity index (χ4n) is 8.21. The van der Waals surface area contributed by atoms with Crippen LogP contribution in [-0.4, -0.2) is 90.2 Å². The third-order valence-electron chi connectivity index (χ3n) is 9.51. The van der Waals surface area contributed by atoms with Crippen LogP contribution in [-0.2, 0) is 20.9 Å². The van der Waals surface area contributed by atoms with E-state index < -0.39 is 28.2 Å². The fourth-order valence-corrected chi connectivity index (χ4v) is 11.8. The zero-order valence-corrected chi connectivity index (χ0v) is 30.1. The number of benzene rings is 1. The molecule has 0 radical (unpaired) electrons. The minimum Gasteiger partial charge on any atom is -0.396 e. The number of carbonyl (C=O) groups is 3. The number of alkyl halides is 1. The molecule has 0 saturated carbocycles. The monoisotopic (exact) mass is 701 g/mol. The molecule has 3 aliphatic rings. The largest absolute Gasteiger partial charge is 0.396 e. The standard InChI is InChI=1S/C36H52BrN3O4S/c1-8-18-38(23-25-16-12-10-13-17-25)31(42)27-28-32(43)39(20-14-11-15-21-41)30(36(28)22-26(37)29(27)45-36)33(44)40(19-9-2)35(6,7)24-34(3,4)5/h8-10,12-13,16-17,26-30,41H,1-2,11,14-15,18-24H2,3-7H3/t26?,27-,28+,29-,30?,36?/m1/s1. The van der Waals surface area contributed by atoms with E-state index in [-0.39, 0.29) is 39.8 Å². The van der Waals surface area contributed by atoms with Gasteiger partial charge in [-0.2, -0.15) is 0 Å². The fraction of sp³-hybridized carbons (Fsp3) is 0.639. The van der Waals surface area contributed by atoms with Crippen molar-refractivity contribution in [3.8, 4) is 0 Å². The van der Waals surface area contributed by atoms with Gasteiger partial charge in [0.15, 0.2) is 0 Å². The predicted molar refractivity (Wildman–Crippen MR) is 187 cm³/mol. The lowest BCUT2D eigenvalue weighted by atomic mass is 9.70. The van der Waals surface area contributed by atoms with Crippen molar-refractivity contribution in [2.24, 2.45) is 17.3 Å². The van der Waals surface area contributed by atoms with Crippen LogP contribution < -0.4 is 0 Å². The van der Waals surface area contributed by atoms with Gasteiger partial charge in [0.25, 0.3) is 0 Å². The minimum absolute atomic E-state index is 0.00267. The van der Waals surface area contributed by atoms with Gasteiger partial charge in [0.1, 0.15) is 6.04 Å². The number of aliphatic hydroxyl groups excluding tert-OH is 1. The Balaban J connectivity index is 1.76. The van der Waals surface area contributed by atoms with E-state index in [2.05, 4.69) is 63.7 Å². The van der Waals surface area contributed by atoms with Crippen LogP contribution in [0.2, 0.25) is 0 Å². The van der Waals surface area contributed by atoms with E-state index in [0.717, 1.165) is 18.4 Å². The van der Waals surface area contributed by atoms with Crippen LogP contribution in [0.3, 0.4) is 0 Å². The lowest BCUT2D eigenvalue weighted by Gasteiger charge is -2.46. The number of likely N-dealkylation sites (tertiary alicyclic amines) is 1. The molecule has 0 aliphatic carbocycles. The van der Waals surface area contributed by atoms with Gasteiger partial charge >= 0.3 is 0 Å². The van der Waals surface area contributed by atoms with Crippen LogP contribution in [0.5, 0.6) is 0 Å². The molecule has 3 heterocycles. The van der Waals surface area contributed by atoms with Gasteiger partial charge < -0.3 is 19.8 Å². The number of thioether (sulfide) groups is 1. The number of unbranched alkanes of at least 4 members (excludes halogenated alkanes) is 2. The van der Waals surface area contributed by atoms with Crippen molar-refractivity contribution < 1.29 is 19.5 Å². The van der Waals surface area contributed by atoms with Crippen LogP contribution in [0.4, 0.5) is 0 Å². The van der Waals surface area contributed by atoms with Crippen molar-refractivity contribution in [3.63, 3.8) is 0 Å². The van der Waals surface area contributed by atoms with Crippen LogP contribution in [0, 0.1) is 17.3 Å². The van der Waals surface area contributed by atoms with E-state index in [1.807, 2.05) is 40.1 Å². The number of carbonyl (C=O) groups excluding carboxylic acids is 3. The second-order valence-corrected chi connectivity index (χ2v) is 17.5. The Kier molecular flexibility index (Phi) is 11.4. The number of fused-ring (bicyclic) bond motifs is 1. The van der Waals surface area contributed by atoms with E-state index in [9.17, 15) is 14.7 Å². The normalized spacial score (nSPS) is 27.4. The number of rotatable bonds is 15. The van der Waals surface area contributed by atoms with Crippen molar-refractivity contribution in [2.75, 3.05) is 26.2 Å². The SMILES string of the molecule is C=CCN(Cc1ccccc1)C(=O)[C@H]1[C@@H]2SC3(CC2Br)C(C(=O)N(CC=C)C(C)(C)CC(C)(C)C)N(CCCCCO)C(=O)[C@H]13. The smallest absolute Gasteiger partial charge is 0.247 e. The summed E-state index contributed by atoms with van der Waals surface area (Å²) in [5.41, 5.74) is 0.516. The maximum absolute atomic E-state index is 15.0. The number of hydrogen-bond donors (Lipinski definition) is 1.